The van der Waals surface area contributed by atoms with E-state index in [2.05, 4.69) is 4.98 Å². The zero-order valence-electron chi connectivity index (χ0n) is 10.4. The van der Waals surface area contributed by atoms with Crippen LogP contribution in [0.15, 0.2) is 35.6 Å². The molecule has 2 N–H and O–H groups in total. The predicted molar refractivity (Wildman–Crippen MR) is 72.3 cm³/mol. The van der Waals surface area contributed by atoms with E-state index < -0.39 is 10.0 Å². The highest BCUT2D eigenvalue weighted by Crippen LogP contribution is 2.33. The average molecular weight is 278 g/mol. The minimum Gasteiger partial charge on any atom is -0.381 e. The molecule has 2 heterocycles. The molecule has 0 saturated carbocycles. The minimum absolute atomic E-state index is 0.0341. The molecule has 0 aliphatic carbocycles. The number of fused-ring (bicyclic) bond motifs is 1. The van der Waals surface area contributed by atoms with E-state index in [-0.39, 0.29) is 10.8 Å². The predicted octanol–water partition coefficient (Wildman–Crippen LogP) is 0.754. The SMILES string of the molecule is Cn1cnc(N)c1S(=O)(=O)N1CCc2ccccc21. The van der Waals surface area contributed by atoms with Crippen LogP contribution in [0, 0.1) is 0 Å². The molecule has 0 saturated heterocycles. The molecule has 0 atom stereocenters. The second kappa shape index (κ2) is 3.99. The Morgan fingerprint density at radius 2 is 2.05 bits per heavy atom. The Hall–Kier alpha value is -2.02. The molecule has 0 unspecified atom stereocenters. The van der Waals surface area contributed by atoms with Crippen LogP contribution in [0.4, 0.5) is 11.5 Å². The number of aromatic nitrogens is 2. The van der Waals surface area contributed by atoms with Crippen molar-refractivity contribution in [3.63, 3.8) is 0 Å². The van der Waals surface area contributed by atoms with Gasteiger partial charge in [-0.05, 0) is 18.1 Å². The number of rotatable bonds is 2. The smallest absolute Gasteiger partial charge is 0.283 e. The maximum absolute atomic E-state index is 12.7. The van der Waals surface area contributed by atoms with Crippen molar-refractivity contribution < 1.29 is 8.42 Å². The number of nitrogens with zero attached hydrogens (tertiary/aromatic N) is 3. The first-order chi connectivity index (χ1) is 9.01. The van der Waals surface area contributed by atoms with E-state index in [1.807, 2.05) is 24.3 Å². The van der Waals surface area contributed by atoms with Crippen LogP contribution in [-0.2, 0) is 23.5 Å². The van der Waals surface area contributed by atoms with E-state index >= 15 is 0 Å². The van der Waals surface area contributed by atoms with E-state index in [0.717, 1.165) is 11.3 Å². The molecular weight excluding hydrogens is 264 g/mol. The number of nitrogen functional groups attached to an aromatic ring is 1. The highest BCUT2D eigenvalue weighted by Gasteiger charge is 2.34. The van der Waals surface area contributed by atoms with Crippen LogP contribution < -0.4 is 10.0 Å². The molecule has 1 aliphatic rings. The van der Waals surface area contributed by atoms with Crippen LogP contribution in [0.2, 0.25) is 0 Å². The molecule has 0 amide bonds. The van der Waals surface area contributed by atoms with Crippen molar-refractivity contribution >= 4 is 21.5 Å². The molecule has 0 spiro atoms. The lowest BCUT2D eigenvalue weighted by Crippen LogP contribution is -2.31. The highest BCUT2D eigenvalue weighted by molar-refractivity contribution is 7.92. The van der Waals surface area contributed by atoms with Crippen LogP contribution in [0.3, 0.4) is 0 Å². The van der Waals surface area contributed by atoms with Crippen LogP contribution >= 0.6 is 0 Å². The van der Waals surface area contributed by atoms with Gasteiger partial charge in [0.25, 0.3) is 10.0 Å². The first kappa shape index (κ1) is 12.0. The molecule has 1 aromatic carbocycles. The molecule has 1 aliphatic heterocycles. The quantitative estimate of drug-likeness (QED) is 0.879. The number of nitrogens with two attached hydrogens (primary N) is 1. The topological polar surface area (TPSA) is 81.2 Å². The van der Waals surface area contributed by atoms with Crippen molar-refractivity contribution in [3.8, 4) is 0 Å². The first-order valence-electron chi connectivity index (χ1n) is 5.89. The molecule has 0 radical (unpaired) electrons. The van der Waals surface area contributed by atoms with E-state index in [0.29, 0.717) is 13.0 Å². The van der Waals surface area contributed by atoms with Crippen molar-refractivity contribution in [2.75, 3.05) is 16.6 Å². The summed E-state index contributed by atoms with van der Waals surface area (Å²) >= 11 is 0. The maximum Gasteiger partial charge on any atom is 0.283 e. The third-order valence-corrected chi connectivity index (χ3v) is 5.23. The summed E-state index contributed by atoms with van der Waals surface area (Å²) < 4.78 is 28.2. The van der Waals surface area contributed by atoms with Crippen molar-refractivity contribution in [1.82, 2.24) is 9.55 Å². The van der Waals surface area contributed by atoms with Crippen LogP contribution in [-0.4, -0.2) is 24.5 Å². The molecule has 2 aromatic rings. The van der Waals surface area contributed by atoms with Gasteiger partial charge in [0.15, 0.2) is 10.8 Å². The van der Waals surface area contributed by atoms with Gasteiger partial charge in [0.2, 0.25) is 0 Å². The molecule has 1 aromatic heterocycles. The van der Waals surface area contributed by atoms with Gasteiger partial charge in [-0.3, -0.25) is 4.31 Å². The number of anilines is 2. The summed E-state index contributed by atoms with van der Waals surface area (Å²) in [5.41, 5.74) is 7.44. The molecule has 7 heteroatoms. The third kappa shape index (κ3) is 1.69. The fourth-order valence-electron chi connectivity index (χ4n) is 2.41. The monoisotopic (exact) mass is 278 g/mol. The number of para-hydroxylation sites is 1. The summed E-state index contributed by atoms with van der Waals surface area (Å²) in [6, 6.07) is 7.50. The van der Waals surface area contributed by atoms with Gasteiger partial charge in [0, 0.05) is 13.6 Å². The molecule has 3 rings (SSSR count). The van der Waals surface area contributed by atoms with Gasteiger partial charge >= 0.3 is 0 Å². The van der Waals surface area contributed by atoms with E-state index in [4.69, 9.17) is 5.73 Å². The maximum atomic E-state index is 12.7. The normalized spacial score (nSPS) is 14.7. The zero-order valence-corrected chi connectivity index (χ0v) is 11.3. The van der Waals surface area contributed by atoms with Crippen LogP contribution in [0.1, 0.15) is 5.56 Å². The van der Waals surface area contributed by atoms with E-state index in [9.17, 15) is 8.42 Å². The fraction of sp³-hybridized carbons (Fsp3) is 0.250. The molecule has 100 valence electrons. The summed E-state index contributed by atoms with van der Waals surface area (Å²) in [5, 5.41) is 0.0456. The Morgan fingerprint density at radius 1 is 1.32 bits per heavy atom. The Kier molecular flexibility index (Phi) is 2.53. The summed E-state index contributed by atoms with van der Waals surface area (Å²) in [6.07, 6.45) is 2.12. The van der Waals surface area contributed by atoms with Crippen molar-refractivity contribution in [3.05, 3.63) is 36.2 Å². The number of imidazole rings is 1. The number of aryl methyl sites for hydroxylation is 1. The number of hydrogen-bond donors (Lipinski definition) is 1. The van der Waals surface area contributed by atoms with E-state index in [1.165, 1.54) is 15.2 Å². The Bertz CT molecular complexity index is 716. The average Bonchev–Trinajstić information content (AvgIpc) is 2.93. The molecular formula is C12H14N4O2S. The van der Waals surface area contributed by atoms with Gasteiger partial charge in [-0.1, -0.05) is 18.2 Å². The summed E-state index contributed by atoms with van der Waals surface area (Å²) in [4.78, 5) is 3.84. The second-order valence-corrected chi connectivity index (χ2v) is 6.28. The van der Waals surface area contributed by atoms with Crippen molar-refractivity contribution in [1.29, 1.82) is 0 Å². The van der Waals surface area contributed by atoms with Gasteiger partial charge < -0.3 is 10.3 Å². The van der Waals surface area contributed by atoms with Crippen LogP contribution in [0.25, 0.3) is 0 Å². The summed E-state index contributed by atoms with van der Waals surface area (Å²) in [7, 11) is -2.04. The lowest BCUT2D eigenvalue weighted by atomic mass is 10.2. The van der Waals surface area contributed by atoms with Crippen LogP contribution in [0.5, 0.6) is 0 Å². The van der Waals surface area contributed by atoms with E-state index in [1.54, 1.807) is 7.05 Å². The van der Waals surface area contributed by atoms with Gasteiger partial charge in [-0.2, -0.15) is 8.42 Å². The first-order valence-corrected chi connectivity index (χ1v) is 7.33. The van der Waals surface area contributed by atoms with Crippen molar-refractivity contribution in [2.24, 2.45) is 7.05 Å². The van der Waals surface area contributed by atoms with Gasteiger partial charge in [-0.25, -0.2) is 4.98 Å². The standard InChI is InChI=1S/C12H14N4O2S/c1-15-8-14-11(13)12(15)19(17,18)16-7-6-9-4-2-3-5-10(9)16/h2-5,8H,6-7,13H2,1H3. The fourth-order valence-corrected chi connectivity index (χ4v) is 4.12. The van der Waals surface area contributed by atoms with Crippen molar-refractivity contribution in [2.45, 2.75) is 11.4 Å². The number of benzene rings is 1. The molecule has 19 heavy (non-hydrogen) atoms. The zero-order chi connectivity index (χ0) is 13.6. The second-order valence-electron chi connectivity index (χ2n) is 4.50. The third-order valence-electron chi connectivity index (χ3n) is 3.29. The lowest BCUT2D eigenvalue weighted by Gasteiger charge is -2.19. The van der Waals surface area contributed by atoms with Gasteiger partial charge in [0.05, 0.1) is 12.0 Å². The Balaban J connectivity index is 2.14. The minimum atomic E-state index is -3.66. The van der Waals surface area contributed by atoms with Gasteiger partial charge in [-0.15, -0.1) is 0 Å². The largest absolute Gasteiger partial charge is 0.381 e. The summed E-state index contributed by atoms with van der Waals surface area (Å²) in [5.74, 6) is 0.0341. The highest BCUT2D eigenvalue weighted by atomic mass is 32.2. The Morgan fingerprint density at radius 3 is 2.74 bits per heavy atom. The molecule has 0 bridgehead atoms. The summed E-state index contributed by atoms with van der Waals surface area (Å²) in [6.45, 7) is 0.437. The number of hydrogen-bond acceptors (Lipinski definition) is 4. The lowest BCUT2D eigenvalue weighted by molar-refractivity contribution is 0.583. The Labute approximate surface area is 111 Å². The number of sulfonamides is 1. The molecule has 0 fully saturated rings. The van der Waals surface area contributed by atoms with Gasteiger partial charge in [0.1, 0.15) is 0 Å². The molecule has 6 nitrogen and oxygen atoms in total.